The third-order valence-electron chi connectivity index (χ3n) is 11.9. The van der Waals surface area contributed by atoms with Gasteiger partial charge in [-0.3, -0.25) is 23.7 Å². The molecule has 0 spiro atoms. The minimum absolute atomic E-state index is 0.0324. The average Bonchev–Trinajstić information content (AvgIpc) is 3.32. The SMILES string of the molecule is Cc1c(/N=c2\ccc3c(-c4ccccc4S(=O)(=O)O)c4ccc(Nc5c(C)c(NC(N)=O)c(C)c(NC(N)=O)c5C)cc4oc-3c2)c(C)c(NC(=O)N(CC(=O)O)CC(=O)O)c(C)c1NC(=O)N(CC(=O)O)CC(=O)O. The zero-order chi connectivity index (χ0) is 56.2. The van der Waals surface area contributed by atoms with E-state index in [9.17, 15) is 71.8 Å². The van der Waals surface area contributed by atoms with Crippen molar-refractivity contribution in [2.75, 3.05) is 52.8 Å². The van der Waals surface area contributed by atoms with Gasteiger partial charge in [-0.1, -0.05) is 18.2 Å². The number of carbonyl (C=O) groups excluding carboxylic acids is 4. The van der Waals surface area contributed by atoms with Crippen molar-refractivity contribution >= 4 is 109 Å². The lowest BCUT2D eigenvalue weighted by atomic mass is 9.93. The quantitative estimate of drug-likeness (QED) is 0.0354. The molecule has 6 rings (SSSR count). The summed E-state index contributed by atoms with van der Waals surface area (Å²) in [4.78, 5) is 103. The lowest BCUT2D eigenvalue weighted by Crippen LogP contribution is -2.42. The molecule has 76 heavy (non-hydrogen) atoms. The fourth-order valence-corrected chi connectivity index (χ4v) is 9.39. The van der Waals surface area contributed by atoms with Crippen LogP contribution in [0.5, 0.6) is 0 Å². The zero-order valence-corrected chi connectivity index (χ0v) is 42.0. The van der Waals surface area contributed by atoms with Crippen molar-refractivity contribution in [2.45, 2.75) is 46.4 Å². The Morgan fingerprint density at radius 3 is 1.46 bits per heavy atom. The molecule has 0 saturated heterocycles. The van der Waals surface area contributed by atoms with Gasteiger partial charge in [0, 0.05) is 45.6 Å². The molecule has 4 aromatic carbocycles. The maximum absolute atomic E-state index is 13.6. The molecule has 4 aromatic rings. The van der Waals surface area contributed by atoms with Crippen molar-refractivity contribution in [3.05, 3.63) is 99.4 Å². The Morgan fingerprint density at radius 2 is 1.01 bits per heavy atom. The summed E-state index contributed by atoms with van der Waals surface area (Å²) in [7, 11) is -4.85. The van der Waals surface area contributed by atoms with E-state index in [0.717, 1.165) is 0 Å². The number of urea groups is 4. The second-order valence-electron chi connectivity index (χ2n) is 17.2. The molecule has 0 aromatic heterocycles. The minimum Gasteiger partial charge on any atom is -0.480 e. The van der Waals surface area contributed by atoms with Crippen molar-refractivity contribution in [2.24, 2.45) is 16.5 Å². The number of benzene rings is 5. The smallest absolute Gasteiger partial charge is 0.323 e. The maximum Gasteiger partial charge on any atom is 0.323 e. The second-order valence-corrected chi connectivity index (χ2v) is 18.6. The van der Waals surface area contributed by atoms with Crippen molar-refractivity contribution in [1.82, 2.24) is 9.80 Å². The predicted molar refractivity (Wildman–Crippen MR) is 276 cm³/mol. The molecule has 8 amide bonds. The van der Waals surface area contributed by atoms with Crippen molar-refractivity contribution < 1.29 is 76.2 Å². The van der Waals surface area contributed by atoms with E-state index in [1.54, 1.807) is 51.1 Å². The number of hydrogen-bond donors (Lipinski definition) is 12. The molecule has 27 heteroatoms. The van der Waals surface area contributed by atoms with Gasteiger partial charge in [0.15, 0.2) is 0 Å². The number of carbonyl (C=O) groups is 8. The summed E-state index contributed by atoms with van der Waals surface area (Å²) < 4.78 is 42.8. The van der Waals surface area contributed by atoms with Gasteiger partial charge in [-0.05, 0) is 105 Å². The topological polar surface area (TPSA) is 416 Å². The van der Waals surface area contributed by atoms with E-state index < -0.39 is 89.2 Å². The number of hydrogen-bond acceptors (Lipinski definition) is 13. The Bertz CT molecular complexity index is 3460. The number of fused-ring (bicyclic) bond motifs is 2. The Kier molecular flexibility index (Phi) is 16.2. The zero-order valence-electron chi connectivity index (χ0n) is 41.2. The first-order valence-corrected chi connectivity index (χ1v) is 23.8. The van der Waals surface area contributed by atoms with Crippen LogP contribution < -0.4 is 43.4 Å². The van der Waals surface area contributed by atoms with E-state index in [1.165, 1.54) is 51.1 Å². The molecule has 0 fully saturated rings. The lowest BCUT2D eigenvalue weighted by molar-refractivity contribution is -0.142. The standard InChI is InChI=1S/C49H50N10O16S/c1-21-40(22(2)43(55-47(51)69)25(5)42(21)54-46(50)68)52-27-11-13-29-32(15-27)75-33-16-28(12-14-30(33)39(29)31-9-7-8-10-34(31)76(72,73)74)53-41-23(3)44(56-48(70)58(17-35(60)61)18-36(62)63)26(6)45(24(41)4)57-49(71)59(19-37(64)65)20-38(66)67/h7-16,52H,17-20H2,1-6H3,(H,56,70)(H,57,71)(H,60,61)(H,62,63)(H,64,65)(H,66,67)(H3,50,54,68)(H3,51,55,69)(H,72,73,74)/b53-28+. The summed E-state index contributed by atoms with van der Waals surface area (Å²) in [6.07, 6.45) is 0. The largest absolute Gasteiger partial charge is 0.480 e. The Hall–Kier alpha value is -9.76. The van der Waals surface area contributed by atoms with Crippen LogP contribution in [0.15, 0.2) is 75.0 Å². The van der Waals surface area contributed by atoms with Gasteiger partial charge in [0.05, 0.1) is 33.8 Å². The fraction of sp³-hybridized carbons (Fsp3) is 0.204. The Labute approximate surface area is 431 Å². The van der Waals surface area contributed by atoms with Gasteiger partial charge in [-0.15, -0.1) is 0 Å². The molecular formula is C49H50N10O16S. The van der Waals surface area contributed by atoms with Crippen LogP contribution in [0, 0.1) is 41.5 Å². The van der Waals surface area contributed by atoms with Gasteiger partial charge < -0.3 is 72.7 Å². The molecule has 0 unspecified atom stereocenters. The summed E-state index contributed by atoms with van der Waals surface area (Å²) >= 11 is 0. The number of anilines is 6. The summed E-state index contributed by atoms with van der Waals surface area (Å²) in [6.45, 7) is 5.28. The first-order valence-electron chi connectivity index (χ1n) is 22.4. The van der Waals surface area contributed by atoms with Crippen LogP contribution in [-0.4, -0.2) is 117 Å². The third kappa shape index (κ3) is 12.2. The van der Waals surface area contributed by atoms with Gasteiger partial charge in [-0.2, -0.15) is 8.42 Å². The van der Waals surface area contributed by atoms with Gasteiger partial charge in [-0.25, -0.2) is 24.2 Å². The Balaban J connectivity index is 1.63. The van der Waals surface area contributed by atoms with E-state index in [1.807, 2.05) is 0 Å². The number of aliphatic carboxylic acids is 4. The fourth-order valence-electron chi connectivity index (χ4n) is 8.69. The van der Waals surface area contributed by atoms with Crippen molar-refractivity contribution in [1.29, 1.82) is 0 Å². The van der Waals surface area contributed by atoms with Crippen molar-refractivity contribution in [3.63, 3.8) is 0 Å². The number of nitrogens with one attached hydrogen (secondary N) is 5. The number of carboxylic acid groups (broad SMARTS) is 4. The number of primary amides is 2. The number of rotatable bonds is 17. The summed E-state index contributed by atoms with van der Waals surface area (Å²) in [5.74, 6) is -6.09. The van der Waals surface area contributed by atoms with Gasteiger partial charge >= 0.3 is 48.0 Å². The molecule has 0 bridgehead atoms. The minimum atomic E-state index is -4.85. The van der Waals surface area contributed by atoms with Crippen LogP contribution in [0.3, 0.4) is 0 Å². The number of nitrogens with zero attached hydrogens (tertiary/aromatic N) is 3. The second kappa shape index (κ2) is 22.2. The van der Waals surface area contributed by atoms with Crippen LogP contribution in [0.4, 0.5) is 59.0 Å². The van der Waals surface area contributed by atoms with E-state index in [2.05, 4.69) is 26.6 Å². The van der Waals surface area contributed by atoms with Crippen LogP contribution in [0.1, 0.15) is 33.4 Å². The molecule has 2 aliphatic rings. The molecule has 398 valence electrons. The van der Waals surface area contributed by atoms with E-state index in [-0.39, 0.29) is 73.0 Å². The highest BCUT2D eigenvalue weighted by Crippen LogP contribution is 2.45. The Morgan fingerprint density at radius 1 is 0.566 bits per heavy atom. The van der Waals surface area contributed by atoms with Crippen LogP contribution in [0.2, 0.25) is 0 Å². The molecule has 14 N–H and O–H groups in total. The van der Waals surface area contributed by atoms with E-state index in [4.69, 9.17) is 20.9 Å². The summed E-state index contributed by atoms with van der Waals surface area (Å²) in [6, 6.07) is 10.9. The normalized spacial score (nSPS) is 11.4. The summed E-state index contributed by atoms with van der Waals surface area (Å²) in [5.41, 5.74) is 14.9. The monoisotopic (exact) mass is 1070 g/mol. The molecule has 0 radical (unpaired) electrons. The molecule has 1 aliphatic heterocycles. The first kappa shape index (κ1) is 55.6. The lowest BCUT2D eigenvalue weighted by Gasteiger charge is -2.26. The number of nitrogens with two attached hydrogens (primary N) is 2. The number of amides is 8. The maximum atomic E-state index is 13.6. The molecule has 1 heterocycles. The highest BCUT2D eigenvalue weighted by Gasteiger charge is 2.29. The molecule has 26 nitrogen and oxygen atoms in total. The third-order valence-corrected chi connectivity index (χ3v) is 12.9. The van der Waals surface area contributed by atoms with Gasteiger partial charge in [0.25, 0.3) is 10.1 Å². The van der Waals surface area contributed by atoms with E-state index in [0.29, 0.717) is 48.8 Å². The van der Waals surface area contributed by atoms with Gasteiger partial charge in [0.1, 0.15) is 42.4 Å². The van der Waals surface area contributed by atoms with Crippen LogP contribution in [0.25, 0.3) is 33.4 Å². The van der Waals surface area contributed by atoms with E-state index >= 15 is 0 Å². The first-order chi connectivity index (χ1) is 35.6. The number of carboxylic acids is 4. The molecule has 1 aliphatic carbocycles. The highest BCUT2D eigenvalue weighted by atomic mass is 32.2. The summed E-state index contributed by atoms with van der Waals surface area (Å²) in [5, 5.41) is 51.8. The molecule has 0 saturated carbocycles. The highest BCUT2D eigenvalue weighted by molar-refractivity contribution is 7.86. The van der Waals surface area contributed by atoms with Crippen LogP contribution in [-0.2, 0) is 29.3 Å². The van der Waals surface area contributed by atoms with Crippen LogP contribution >= 0.6 is 0 Å². The predicted octanol–water partition coefficient (Wildman–Crippen LogP) is 6.27. The molecule has 0 atom stereocenters. The van der Waals surface area contributed by atoms with Crippen molar-refractivity contribution in [3.8, 4) is 22.5 Å². The average molecular weight is 1070 g/mol. The molecular weight excluding hydrogens is 1020 g/mol. The van der Waals surface area contributed by atoms with Gasteiger partial charge in [0.2, 0.25) is 0 Å².